The number of fused-ring (bicyclic) bond motifs is 1. The van der Waals surface area contributed by atoms with Crippen molar-refractivity contribution in [3.63, 3.8) is 0 Å². The molecule has 8 nitrogen and oxygen atoms in total. The third-order valence-corrected chi connectivity index (χ3v) is 6.70. The van der Waals surface area contributed by atoms with Crippen molar-refractivity contribution in [2.45, 2.75) is 19.3 Å². The van der Waals surface area contributed by atoms with E-state index in [1.54, 1.807) is 20.3 Å². The fraction of sp³-hybridized carbons (Fsp3) is 0.409. The first-order valence-electron chi connectivity index (χ1n) is 10.5. The average Bonchev–Trinajstić information content (AvgIpc) is 3.22. The number of nitrogens with one attached hydrogen (secondary N) is 1. The zero-order chi connectivity index (χ0) is 22.7. The van der Waals surface area contributed by atoms with Crippen molar-refractivity contribution in [1.82, 2.24) is 14.1 Å². The highest BCUT2D eigenvalue weighted by molar-refractivity contribution is 7.77. The molecule has 0 aliphatic carbocycles. The largest absolute Gasteiger partial charge is 0.496 e. The Morgan fingerprint density at radius 1 is 1.22 bits per heavy atom. The number of methoxy groups -OCH3 is 2. The summed E-state index contributed by atoms with van der Waals surface area (Å²) in [7, 11) is 3.19. The molecule has 1 saturated heterocycles. The van der Waals surface area contributed by atoms with Crippen LogP contribution in [0.25, 0.3) is 16.9 Å². The molecule has 1 unspecified atom stereocenters. The number of halogens is 1. The van der Waals surface area contributed by atoms with Gasteiger partial charge in [0.25, 0.3) is 0 Å². The number of imidazole rings is 1. The minimum Gasteiger partial charge on any atom is -0.496 e. The van der Waals surface area contributed by atoms with E-state index < -0.39 is 11.3 Å². The van der Waals surface area contributed by atoms with Crippen LogP contribution in [-0.2, 0) is 11.3 Å². The Morgan fingerprint density at radius 2 is 1.97 bits per heavy atom. The molecule has 32 heavy (non-hydrogen) atoms. The van der Waals surface area contributed by atoms with E-state index in [1.165, 1.54) is 0 Å². The number of rotatable bonds is 8. The molecule has 10 heteroatoms. The van der Waals surface area contributed by atoms with Crippen LogP contribution in [0.1, 0.15) is 19.3 Å². The lowest BCUT2D eigenvalue weighted by atomic mass is 9.93. The van der Waals surface area contributed by atoms with Crippen molar-refractivity contribution in [2.75, 3.05) is 38.8 Å². The van der Waals surface area contributed by atoms with Gasteiger partial charge in [0.1, 0.15) is 17.1 Å². The third-order valence-electron chi connectivity index (χ3n) is 5.95. The van der Waals surface area contributed by atoms with E-state index in [0.717, 1.165) is 54.9 Å². The maximum absolute atomic E-state index is 10.7. The van der Waals surface area contributed by atoms with Crippen molar-refractivity contribution in [2.24, 2.45) is 5.92 Å². The molecule has 2 N–H and O–H groups in total. The second kappa shape index (κ2) is 10.1. The average molecular weight is 479 g/mol. The molecule has 1 aliphatic rings. The zero-order valence-electron chi connectivity index (χ0n) is 18.1. The number of hydrogen-bond acceptors (Lipinski definition) is 5. The van der Waals surface area contributed by atoms with Gasteiger partial charge in [-0.3, -0.25) is 4.55 Å². The fourth-order valence-corrected chi connectivity index (χ4v) is 4.72. The molecule has 0 spiro atoms. The third kappa shape index (κ3) is 5.01. The lowest BCUT2D eigenvalue weighted by molar-refractivity contribution is 0.381. The maximum atomic E-state index is 10.7. The molecule has 3 heterocycles. The predicted molar refractivity (Wildman–Crippen MR) is 127 cm³/mol. The summed E-state index contributed by atoms with van der Waals surface area (Å²) in [6, 6.07) is 7.78. The Hall–Kier alpha value is -2.33. The van der Waals surface area contributed by atoms with Crippen molar-refractivity contribution in [3.05, 3.63) is 41.7 Å². The Labute approximate surface area is 194 Å². The fourth-order valence-electron chi connectivity index (χ4n) is 4.19. The van der Waals surface area contributed by atoms with E-state index >= 15 is 0 Å². The van der Waals surface area contributed by atoms with Crippen molar-refractivity contribution in [1.29, 1.82) is 0 Å². The summed E-state index contributed by atoms with van der Waals surface area (Å²) in [6.07, 6.45) is 7.02. The minimum atomic E-state index is -1.93. The molecule has 1 aromatic carbocycles. The predicted octanol–water partition coefficient (Wildman–Crippen LogP) is 4.00. The second-order valence-electron chi connectivity index (χ2n) is 7.83. The van der Waals surface area contributed by atoms with E-state index in [0.29, 0.717) is 29.0 Å². The van der Waals surface area contributed by atoms with Crippen LogP contribution in [0.2, 0.25) is 5.02 Å². The summed E-state index contributed by atoms with van der Waals surface area (Å²) in [6.45, 7) is 2.48. The van der Waals surface area contributed by atoms with Gasteiger partial charge in [-0.05, 0) is 37.3 Å². The van der Waals surface area contributed by atoms with Gasteiger partial charge in [-0.25, -0.2) is 13.9 Å². The summed E-state index contributed by atoms with van der Waals surface area (Å²) in [5, 5.41) is 0.504. The van der Waals surface area contributed by atoms with Crippen molar-refractivity contribution < 1.29 is 18.2 Å². The maximum Gasteiger partial charge on any atom is 0.231 e. The van der Waals surface area contributed by atoms with Crippen LogP contribution in [0, 0.1) is 5.92 Å². The van der Waals surface area contributed by atoms with E-state index in [9.17, 15) is 4.21 Å². The molecule has 0 radical (unpaired) electrons. The number of nitrogens with zero attached hydrogens (tertiary/aromatic N) is 3. The van der Waals surface area contributed by atoms with Gasteiger partial charge in [0.05, 0.1) is 24.9 Å². The first kappa shape index (κ1) is 22.8. The Kier molecular flexibility index (Phi) is 7.20. The molecule has 0 amide bonds. The number of anilines is 1. The highest BCUT2D eigenvalue weighted by Crippen LogP contribution is 2.38. The molecule has 3 aromatic rings. The van der Waals surface area contributed by atoms with E-state index in [2.05, 4.69) is 21.8 Å². The van der Waals surface area contributed by atoms with Crippen LogP contribution in [0.15, 0.2) is 36.7 Å². The normalized spacial score (nSPS) is 15.8. The molecule has 1 aliphatic heterocycles. The van der Waals surface area contributed by atoms with Crippen LogP contribution in [0.4, 0.5) is 5.69 Å². The number of hydrogen-bond donors (Lipinski definition) is 2. The van der Waals surface area contributed by atoms with Gasteiger partial charge in [-0.2, -0.15) is 0 Å². The number of aromatic nitrogens is 2. The lowest BCUT2D eigenvalue weighted by Crippen LogP contribution is -2.34. The first-order chi connectivity index (χ1) is 15.5. The SMILES string of the molecule is COc1cc(OC)c(-c2cn3ccc(N4CCC(CCNS(=O)O)CC4)cc3n2)cc1Cl. The number of piperidine rings is 1. The lowest BCUT2D eigenvalue weighted by Gasteiger charge is -2.33. The van der Waals surface area contributed by atoms with Gasteiger partial charge in [-0.15, -0.1) is 0 Å². The Morgan fingerprint density at radius 3 is 2.66 bits per heavy atom. The van der Waals surface area contributed by atoms with Gasteiger partial charge in [-0.1, -0.05) is 11.6 Å². The molecule has 172 valence electrons. The first-order valence-corrected chi connectivity index (χ1v) is 12.0. The van der Waals surface area contributed by atoms with Crippen molar-refractivity contribution in [3.8, 4) is 22.8 Å². The second-order valence-corrected chi connectivity index (χ2v) is 9.02. The minimum absolute atomic E-state index is 0.504. The van der Waals surface area contributed by atoms with E-state index in [-0.39, 0.29) is 0 Å². The highest BCUT2D eigenvalue weighted by atomic mass is 35.5. The molecule has 4 rings (SSSR count). The summed E-state index contributed by atoms with van der Waals surface area (Å²) in [4.78, 5) is 7.18. The molecule has 0 bridgehead atoms. The molecular formula is C22H27ClN4O4S. The summed E-state index contributed by atoms with van der Waals surface area (Å²) in [5.74, 6) is 1.77. The van der Waals surface area contributed by atoms with Gasteiger partial charge in [0.15, 0.2) is 0 Å². The number of benzene rings is 1. The monoisotopic (exact) mass is 478 g/mol. The Bertz CT molecular complexity index is 1110. The number of ether oxygens (including phenoxy) is 2. The van der Waals surface area contributed by atoms with Crippen LogP contribution in [0.3, 0.4) is 0 Å². The summed E-state index contributed by atoms with van der Waals surface area (Å²) in [5.41, 5.74) is 3.57. The van der Waals surface area contributed by atoms with Gasteiger partial charge >= 0.3 is 0 Å². The highest BCUT2D eigenvalue weighted by Gasteiger charge is 2.20. The standard InChI is InChI=1S/C22H27ClN4O4S/c1-30-20-13-21(31-2)18(23)12-17(20)19-14-27-10-6-16(11-22(27)25-19)26-8-4-15(5-9-26)3-7-24-32(28)29/h6,10-15,24H,3-5,7-9H2,1-2H3,(H,28,29). The van der Waals surface area contributed by atoms with Gasteiger partial charge in [0.2, 0.25) is 11.3 Å². The van der Waals surface area contributed by atoms with E-state index in [4.69, 9.17) is 30.6 Å². The van der Waals surface area contributed by atoms with Crippen molar-refractivity contribution >= 4 is 34.2 Å². The summed E-state index contributed by atoms with van der Waals surface area (Å²) < 4.78 is 34.9. The number of pyridine rings is 1. The Balaban J connectivity index is 1.50. The molecule has 0 saturated carbocycles. The van der Waals surface area contributed by atoms with Crippen LogP contribution in [-0.4, -0.2) is 52.0 Å². The molecule has 1 fully saturated rings. The molecular weight excluding hydrogens is 452 g/mol. The van der Waals surface area contributed by atoms with Gasteiger partial charge in [0, 0.05) is 55.4 Å². The van der Waals surface area contributed by atoms with E-state index in [1.807, 2.05) is 22.9 Å². The van der Waals surface area contributed by atoms with Gasteiger partial charge < -0.3 is 18.8 Å². The quantitative estimate of drug-likeness (QED) is 0.476. The van der Waals surface area contributed by atoms with Crippen LogP contribution in [0.5, 0.6) is 11.5 Å². The summed E-state index contributed by atoms with van der Waals surface area (Å²) >= 11 is 4.41. The molecule has 2 aromatic heterocycles. The van der Waals surface area contributed by atoms with Crippen LogP contribution >= 0.6 is 11.6 Å². The smallest absolute Gasteiger partial charge is 0.231 e. The van der Waals surface area contributed by atoms with Crippen LogP contribution < -0.4 is 19.1 Å². The zero-order valence-corrected chi connectivity index (χ0v) is 19.7. The molecule has 1 atom stereocenters. The topological polar surface area (TPSA) is 88.3 Å².